The average molecular weight is 271 g/mol. The Kier molecular flexibility index (Phi) is 2.32. The first-order valence-electron chi connectivity index (χ1n) is 4.62. The lowest BCUT2D eigenvalue weighted by Crippen LogP contribution is -2.42. The number of nitrogens with one attached hydrogen (secondary N) is 1. The highest BCUT2D eigenvalue weighted by Crippen LogP contribution is 2.79. The Morgan fingerprint density at radius 3 is 2.13 bits per heavy atom. The Balaban J connectivity index is 1.97. The molecule has 1 N–H and O–H groups in total. The van der Waals surface area contributed by atoms with Crippen LogP contribution in [0.1, 0.15) is 13.8 Å². The Bertz CT molecular complexity index is 352. The van der Waals surface area contributed by atoms with Crippen LogP contribution >= 0.6 is 34.8 Å². The first-order valence-corrected chi connectivity index (χ1v) is 5.76. The molecule has 0 aliphatic heterocycles. The van der Waals surface area contributed by atoms with Crippen molar-refractivity contribution in [3.05, 3.63) is 0 Å². The van der Waals surface area contributed by atoms with Gasteiger partial charge in [-0.2, -0.15) is 0 Å². The second-order valence-electron chi connectivity index (χ2n) is 4.25. The van der Waals surface area contributed by atoms with E-state index in [1.807, 2.05) is 6.92 Å². The van der Waals surface area contributed by atoms with Gasteiger partial charge in [-0.15, -0.1) is 0 Å². The molecule has 15 heavy (non-hydrogen) atoms. The molecule has 0 spiro atoms. The number of hydrogen-bond donors (Lipinski definition) is 1. The van der Waals surface area contributed by atoms with Crippen LogP contribution in [0.5, 0.6) is 0 Å². The molecule has 2 fully saturated rings. The number of ketones is 1. The Labute approximate surface area is 102 Å². The summed E-state index contributed by atoms with van der Waals surface area (Å²) in [5.41, 5.74) is -0.356. The molecule has 0 aromatic carbocycles. The van der Waals surface area contributed by atoms with E-state index in [4.69, 9.17) is 34.8 Å². The van der Waals surface area contributed by atoms with Gasteiger partial charge in [-0.1, -0.05) is 41.7 Å². The lowest BCUT2D eigenvalue weighted by atomic mass is 10.00. The predicted molar refractivity (Wildman–Crippen MR) is 58.0 cm³/mol. The van der Waals surface area contributed by atoms with Crippen LogP contribution in [0, 0.1) is 17.3 Å². The summed E-state index contributed by atoms with van der Waals surface area (Å²) in [7, 11) is 0. The van der Waals surface area contributed by atoms with Crippen LogP contribution in [0.25, 0.3) is 0 Å². The van der Waals surface area contributed by atoms with E-state index in [2.05, 4.69) is 5.32 Å². The molecule has 84 valence electrons. The summed E-state index contributed by atoms with van der Waals surface area (Å²) >= 11 is 16.2. The van der Waals surface area contributed by atoms with Crippen LogP contribution in [-0.4, -0.2) is 21.5 Å². The van der Waals surface area contributed by atoms with Crippen molar-refractivity contribution in [1.82, 2.24) is 5.32 Å². The van der Waals surface area contributed by atoms with Gasteiger partial charge in [0, 0.05) is 6.04 Å². The van der Waals surface area contributed by atoms with E-state index in [0.29, 0.717) is 5.92 Å². The van der Waals surface area contributed by atoms with Gasteiger partial charge >= 0.3 is 0 Å². The van der Waals surface area contributed by atoms with E-state index in [1.54, 1.807) is 0 Å². The van der Waals surface area contributed by atoms with Gasteiger partial charge in [-0.25, -0.2) is 0 Å². The van der Waals surface area contributed by atoms with Gasteiger partial charge < -0.3 is 5.32 Å². The third kappa shape index (κ3) is 1.40. The number of hydrogen-bond acceptors (Lipinski definition) is 2. The van der Waals surface area contributed by atoms with E-state index >= 15 is 0 Å². The molecule has 4 atom stereocenters. The monoisotopic (exact) mass is 269 g/mol. The first-order chi connectivity index (χ1) is 6.74. The van der Waals surface area contributed by atoms with Crippen LogP contribution < -0.4 is 5.32 Å². The summed E-state index contributed by atoms with van der Waals surface area (Å²) in [4.78, 5) is 22.7. The summed E-state index contributed by atoms with van der Waals surface area (Å²) in [6.45, 7) is 3.53. The van der Waals surface area contributed by atoms with Gasteiger partial charge in [0.05, 0.1) is 5.41 Å². The van der Waals surface area contributed by atoms with E-state index in [0.717, 1.165) is 0 Å². The summed E-state index contributed by atoms with van der Waals surface area (Å²) in [6, 6.07) is -0.131. The van der Waals surface area contributed by atoms with Crippen LogP contribution in [0.3, 0.4) is 0 Å². The molecule has 0 heterocycles. The van der Waals surface area contributed by atoms with Gasteiger partial charge in [0.25, 0.3) is 9.70 Å². The SMILES string of the molecule is CC(=O)C12C(C)C1C2NC(=O)C(Cl)(Cl)Cl. The summed E-state index contributed by atoms with van der Waals surface area (Å²) < 4.78 is -1.95. The van der Waals surface area contributed by atoms with Crippen molar-refractivity contribution in [2.45, 2.75) is 23.7 Å². The van der Waals surface area contributed by atoms with Crippen LogP contribution in [0.4, 0.5) is 0 Å². The molecule has 4 unspecified atom stereocenters. The van der Waals surface area contributed by atoms with Gasteiger partial charge in [-0.3, -0.25) is 9.59 Å². The second-order valence-corrected chi connectivity index (χ2v) is 6.53. The minimum Gasteiger partial charge on any atom is -0.348 e. The lowest BCUT2D eigenvalue weighted by molar-refractivity contribution is -0.122. The predicted octanol–water partition coefficient (Wildman–Crippen LogP) is 1.70. The Morgan fingerprint density at radius 1 is 1.33 bits per heavy atom. The number of carbonyl (C=O) groups excluding carboxylic acids is 2. The molecule has 2 aliphatic rings. The maximum absolute atomic E-state index is 11.4. The third-order valence-corrected chi connectivity index (χ3v) is 4.17. The highest BCUT2D eigenvalue weighted by Gasteiger charge is 2.87. The fraction of sp³-hybridized carbons (Fsp3) is 0.778. The van der Waals surface area contributed by atoms with Crippen molar-refractivity contribution < 1.29 is 9.59 Å². The van der Waals surface area contributed by atoms with Gasteiger partial charge in [-0.05, 0) is 18.8 Å². The standard InChI is InChI=1S/C9H10Cl3NO2/c1-3-5-6(8(3,5)4(2)14)13-7(15)9(10,11)12/h3,5-6H,1-2H3,(H,13,15). The fourth-order valence-electron chi connectivity index (χ4n) is 2.72. The number of Topliss-reactive ketones (excluding diaryl/α,β-unsaturated/α-hetero) is 1. The number of amides is 1. The molecule has 2 saturated carbocycles. The van der Waals surface area contributed by atoms with Crippen molar-refractivity contribution in [3.8, 4) is 0 Å². The zero-order chi connectivity index (χ0) is 11.6. The smallest absolute Gasteiger partial charge is 0.272 e. The van der Waals surface area contributed by atoms with Crippen molar-refractivity contribution in [1.29, 1.82) is 0 Å². The van der Waals surface area contributed by atoms with Gasteiger partial charge in [0.1, 0.15) is 5.78 Å². The van der Waals surface area contributed by atoms with Crippen LogP contribution in [0.2, 0.25) is 0 Å². The quantitative estimate of drug-likeness (QED) is 0.776. The van der Waals surface area contributed by atoms with Crippen molar-refractivity contribution in [2.75, 3.05) is 0 Å². The molecule has 0 aromatic rings. The van der Waals surface area contributed by atoms with E-state index < -0.39 is 9.70 Å². The zero-order valence-electron chi connectivity index (χ0n) is 8.18. The minimum atomic E-state index is -1.95. The number of halogens is 3. The van der Waals surface area contributed by atoms with E-state index in [9.17, 15) is 9.59 Å². The molecule has 0 radical (unpaired) electrons. The zero-order valence-corrected chi connectivity index (χ0v) is 10.5. The molecular formula is C9H10Cl3NO2. The number of fused-ring (bicyclic) bond motifs is 1. The molecular weight excluding hydrogens is 260 g/mol. The average Bonchev–Trinajstić information content (AvgIpc) is 2.90. The van der Waals surface area contributed by atoms with Crippen LogP contribution in [-0.2, 0) is 9.59 Å². The lowest BCUT2D eigenvalue weighted by Gasteiger charge is -2.18. The van der Waals surface area contributed by atoms with Gasteiger partial charge in [0.15, 0.2) is 0 Å². The Hall–Kier alpha value is 0.01000. The summed E-state index contributed by atoms with van der Waals surface area (Å²) in [6.07, 6.45) is 0. The first kappa shape index (κ1) is 11.5. The van der Waals surface area contributed by atoms with E-state index in [-0.39, 0.29) is 23.2 Å². The molecule has 1 amide bonds. The molecule has 2 aliphatic carbocycles. The highest BCUT2D eigenvalue weighted by molar-refractivity contribution is 6.76. The van der Waals surface area contributed by atoms with Gasteiger partial charge in [0.2, 0.25) is 0 Å². The minimum absolute atomic E-state index is 0.106. The number of alkyl halides is 3. The second kappa shape index (κ2) is 3.02. The highest BCUT2D eigenvalue weighted by atomic mass is 35.6. The molecule has 0 aromatic heterocycles. The number of rotatable bonds is 2. The molecule has 6 heteroatoms. The largest absolute Gasteiger partial charge is 0.348 e. The topological polar surface area (TPSA) is 46.2 Å². The van der Waals surface area contributed by atoms with Crippen molar-refractivity contribution in [2.24, 2.45) is 17.3 Å². The number of carbonyl (C=O) groups is 2. The van der Waals surface area contributed by atoms with Crippen molar-refractivity contribution in [3.63, 3.8) is 0 Å². The summed E-state index contributed by atoms with van der Waals surface area (Å²) in [5.74, 6) is 0.0362. The third-order valence-electron chi connectivity index (χ3n) is 3.65. The maximum atomic E-state index is 11.4. The molecule has 0 bridgehead atoms. The summed E-state index contributed by atoms with van der Waals surface area (Å²) in [5, 5.41) is 2.59. The Morgan fingerprint density at radius 2 is 1.87 bits per heavy atom. The molecule has 2 rings (SSSR count). The van der Waals surface area contributed by atoms with Crippen molar-refractivity contribution >= 4 is 46.5 Å². The fourth-order valence-corrected chi connectivity index (χ4v) is 2.88. The maximum Gasteiger partial charge on any atom is 0.272 e. The molecule has 3 nitrogen and oxygen atoms in total. The molecule has 0 saturated heterocycles. The van der Waals surface area contributed by atoms with Crippen LogP contribution in [0.15, 0.2) is 0 Å². The normalized spacial score (nSPS) is 41.8. The van der Waals surface area contributed by atoms with E-state index in [1.165, 1.54) is 6.92 Å².